The Morgan fingerprint density at radius 2 is 1.81 bits per heavy atom. The molecule has 13 heteroatoms. The molecule has 162 valence electrons. The summed E-state index contributed by atoms with van der Waals surface area (Å²) in [4.78, 5) is 32.9. The second-order valence-corrected chi connectivity index (χ2v) is 7.25. The first kappa shape index (κ1) is 21.9. The van der Waals surface area contributed by atoms with E-state index in [-0.39, 0.29) is 5.69 Å². The maximum atomic E-state index is 12.5. The van der Waals surface area contributed by atoms with Crippen molar-refractivity contribution in [2.75, 3.05) is 5.32 Å². The van der Waals surface area contributed by atoms with Crippen molar-refractivity contribution in [3.05, 3.63) is 72.2 Å². The summed E-state index contributed by atoms with van der Waals surface area (Å²) in [6.07, 6.45) is 0. The summed E-state index contributed by atoms with van der Waals surface area (Å²) in [7, 11) is 0. The highest BCUT2D eigenvalue weighted by Crippen LogP contribution is 2.29. The van der Waals surface area contributed by atoms with Gasteiger partial charge in [0.1, 0.15) is 12.2 Å². The molecule has 0 aliphatic carbocycles. The van der Waals surface area contributed by atoms with Crippen molar-refractivity contribution in [3.8, 4) is 0 Å². The van der Waals surface area contributed by atoms with Crippen LogP contribution in [0.5, 0.6) is 0 Å². The minimum Gasteiger partial charge on any atom is -0.358 e. The molecule has 0 aliphatic rings. The zero-order valence-corrected chi connectivity index (χ0v) is 17.6. The molecule has 0 fully saturated rings. The molecule has 0 unspecified atom stereocenters. The highest BCUT2D eigenvalue weighted by molar-refractivity contribution is 6.30. The van der Waals surface area contributed by atoms with Crippen LogP contribution < -0.4 is 5.32 Å². The molecular formula is C18H18ClN7O5. The van der Waals surface area contributed by atoms with Crippen molar-refractivity contribution in [1.29, 1.82) is 0 Å². The zero-order valence-electron chi connectivity index (χ0n) is 16.8. The van der Waals surface area contributed by atoms with Crippen molar-refractivity contribution in [3.63, 3.8) is 0 Å². The standard InChI is InChI=1S/C18H18ClN7O5/c1-10-16(11(2)23(21-10)8-13-5-4-6-14(19)7-13)20-15(27)9-24-12(3)17(25(28)29)18(22-24)26(30)31/h4-7H,8-9H2,1-3H3,(H,20,27). The molecule has 2 heterocycles. The van der Waals surface area contributed by atoms with Gasteiger partial charge >= 0.3 is 11.5 Å². The second-order valence-electron chi connectivity index (χ2n) is 6.81. The summed E-state index contributed by atoms with van der Waals surface area (Å²) in [5.74, 6) is -1.46. The molecule has 0 saturated carbocycles. The lowest BCUT2D eigenvalue weighted by atomic mass is 10.2. The summed E-state index contributed by atoms with van der Waals surface area (Å²) < 4.78 is 2.65. The minimum absolute atomic E-state index is 0.0862. The smallest absolute Gasteiger partial charge is 0.358 e. The number of amides is 1. The predicted molar refractivity (Wildman–Crippen MR) is 111 cm³/mol. The number of carbonyl (C=O) groups excluding carboxylic acids is 1. The normalized spacial score (nSPS) is 10.8. The summed E-state index contributed by atoms with van der Waals surface area (Å²) in [6.45, 7) is 4.82. The topological polar surface area (TPSA) is 151 Å². The number of rotatable bonds is 7. The average molecular weight is 448 g/mol. The Labute approximate surface area is 180 Å². The lowest BCUT2D eigenvalue weighted by Crippen LogP contribution is -2.21. The largest absolute Gasteiger partial charge is 0.468 e. The molecule has 2 aromatic heterocycles. The third-order valence-corrected chi connectivity index (χ3v) is 4.91. The molecule has 31 heavy (non-hydrogen) atoms. The minimum atomic E-state index is -0.951. The first-order chi connectivity index (χ1) is 14.6. The van der Waals surface area contributed by atoms with E-state index in [9.17, 15) is 25.0 Å². The molecule has 3 rings (SSSR count). The predicted octanol–water partition coefficient (Wildman–Crippen LogP) is 3.16. The molecular weight excluding hydrogens is 430 g/mol. The van der Waals surface area contributed by atoms with Crippen molar-refractivity contribution < 1.29 is 14.6 Å². The summed E-state index contributed by atoms with van der Waals surface area (Å²) in [5, 5.41) is 33.5. The van der Waals surface area contributed by atoms with E-state index in [0.29, 0.717) is 28.6 Å². The van der Waals surface area contributed by atoms with Crippen LogP contribution in [-0.4, -0.2) is 35.3 Å². The first-order valence-corrected chi connectivity index (χ1v) is 9.40. The van der Waals surface area contributed by atoms with Gasteiger partial charge in [-0.2, -0.15) is 9.78 Å². The van der Waals surface area contributed by atoms with Gasteiger partial charge in [0, 0.05) is 5.02 Å². The third-order valence-electron chi connectivity index (χ3n) is 4.67. The van der Waals surface area contributed by atoms with Crippen molar-refractivity contribution in [1.82, 2.24) is 19.6 Å². The van der Waals surface area contributed by atoms with E-state index >= 15 is 0 Å². The van der Waals surface area contributed by atoms with Gasteiger partial charge in [-0.15, -0.1) is 0 Å². The SMILES string of the molecule is Cc1nn(Cc2cccc(Cl)c2)c(C)c1NC(=O)Cn1nc([N+](=O)[O-])c([N+](=O)[O-])c1C. The number of halogens is 1. The van der Waals surface area contributed by atoms with E-state index in [4.69, 9.17) is 11.6 Å². The molecule has 0 aliphatic heterocycles. The third kappa shape index (κ3) is 4.53. The Morgan fingerprint density at radius 3 is 2.39 bits per heavy atom. The van der Waals surface area contributed by atoms with E-state index in [1.807, 2.05) is 18.2 Å². The molecule has 0 radical (unpaired) electrons. The molecule has 1 amide bonds. The number of nitrogens with one attached hydrogen (secondary N) is 1. The molecule has 12 nitrogen and oxygen atoms in total. The molecule has 0 spiro atoms. The molecule has 0 atom stereocenters. The van der Waals surface area contributed by atoms with Gasteiger partial charge in [0.05, 0.1) is 33.6 Å². The van der Waals surface area contributed by atoms with Gasteiger partial charge in [0.15, 0.2) is 0 Å². The Bertz CT molecular complexity index is 1200. The van der Waals surface area contributed by atoms with Crippen LogP contribution in [0.25, 0.3) is 0 Å². The van der Waals surface area contributed by atoms with Crippen LogP contribution in [0.1, 0.15) is 22.6 Å². The Morgan fingerprint density at radius 1 is 1.10 bits per heavy atom. The van der Waals surface area contributed by atoms with E-state index in [1.165, 1.54) is 6.92 Å². The molecule has 0 bridgehead atoms. The summed E-state index contributed by atoms with van der Waals surface area (Å²) in [6, 6.07) is 7.32. The molecule has 0 saturated heterocycles. The van der Waals surface area contributed by atoms with Crippen LogP contribution in [0, 0.1) is 41.0 Å². The van der Waals surface area contributed by atoms with Gasteiger partial charge in [-0.3, -0.25) is 19.6 Å². The maximum absolute atomic E-state index is 12.5. The number of carbonyl (C=O) groups is 1. The Kier molecular flexibility index (Phi) is 6.02. The molecule has 3 aromatic rings. The number of hydrogen-bond acceptors (Lipinski definition) is 7. The zero-order chi connectivity index (χ0) is 22.9. The highest BCUT2D eigenvalue weighted by atomic mass is 35.5. The molecule has 1 N–H and O–H groups in total. The second kappa shape index (κ2) is 8.52. The van der Waals surface area contributed by atoms with Crippen molar-refractivity contribution in [2.45, 2.75) is 33.9 Å². The van der Waals surface area contributed by atoms with Crippen LogP contribution in [0.3, 0.4) is 0 Å². The lowest BCUT2D eigenvalue weighted by Gasteiger charge is -2.07. The fourth-order valence-corrected chi connectivity index (χ4v) is 3.38. The number of hydrogen-bond donors (Lipinski definition) is 1. The van der Waals surface area contributed by atoms with Crippen LogP contribution in [-0.2, 0) is 17.9 Å². The monoisotopic (exact) mass is 447 g/mol. The number of benzene rings is 1. The van der Waals surface area contributed by atoms with Gasteiger partial charge in [-0.05, 0) is 43.4 Å². The van der Waals surface area contributed by atoms with E-state index in [0.717, 1.165) is 10.2 Å². The van der Waals surface area contributed by atoms with E-state index < -0.39 is 33.8 Å². The van der Waals surface area contributed by atoms with Crippen LogP contribution in [0.2, 0.25) is 5.02 Å². The van der Waals surface area contributed by atoms with Crippen LogP contribution in [0.15, 0.2) is 24.3 Å². The lowest BCUT2D eigenvalue weighted by molar-refractivity contribution is -0.424. The Hall–Kier alpha value is -3.80. The fourth-order valence-electron chi connectivity index (χ4n) is 3.17. The number of nitro groups is 2. The summed E-state index contributed by atoms with van der Waals surface area (Å²) >= 11 is 6.02. The number of aromatic nitrogens is 4. The average Bonchev–Trinajstić information content (AvgIpc) is 3.13. The number of aryl methyl sites for hydroxylation is 1. The van der Waals surface area contributed by atoms with Crippen LogP contribution in [0.4, 0.5) is 17.2 Å². The van der Waals surface area contributed by atoms with Crippen molar-refractivity contribution >= 4 is 34.7 Å². The maximum Gasteiger partial charge on any atom is 0.468 e. The molecule has 1 aromatic carbocycles. The number of anilines is 1. The van der Waals surface area contributed by atoms with E-state index in [2.05, 4.69) is 15.5 Å². The number of nitrogens with zero attached hydrogens (tertiary/aromatic N) is 6. The van der Waals surface area contributed by atoms with Gasteiger partial charge in [0.2, 0.25) is 5.91 Å². The highest BCUT2D eigenvalue weighted by Gasteiger charge is 2.35. The first-order valence-electron chi connectivity index (χ1n) is 9.03. The van der Waals surface area contributed by atoms with Gasteiger partial charge in [-0.25, -0.2) is 0 Å². The van der Waals surface area contributed by atoms with Crippen LogP contribution >= 0.6 is 11.6 Å². The summed E-state index contributed by atoms with van der Waals surface area (Å²) in [5.41, 5.74) is 1.86. The Balaban J connectivity index is 1.80. The fraction of sp³-hybridized carbons (Fsp3) is 0.278. The van der Waals surface area contributed by atoms with Gasteiger partial charge < -0.3 is 15.4 Å². The van der Waals surface area contributed by atoms with Gasteiger partial charge in [0.25, 0.3) is 0 Å². The van der Waals surface area contributed by atoms with Gasteiger partial charge in [-0.1, -0.05) is 23.7 Å². The van der Waals surface area contributed by atoms with Crippen molar-refractivity contribution in [2.24, 2.45) is 0 Å². The van der Waals surface area contributed by atoms with E-state index in [1.54, 1.807) is 24.6 Å². The quantitative estimate of drug-likeness (QED) is 0.431.